The number of carbonyl (C=O) groups is 1. The van der Waals surface area contributed by atoms with Crippen LogP contribution in [0.2, 0.25) is 25.7 Å². The molecule has 5 rings (SSSR count). The van der Waals surface area contributed by atoms with Crippen molar-refractivity contribution in [2.45, 2.75) is 39.3 Å². The summed E-state index contributed by atoms with van der Waals surface area (Å²) >= 11 is 3.54. The van der Waals surface area contributed by atoms with Crippen LogP contribution in [0.4, 0.5) is 5.82 Å². The molecule has 3 aromatic carbocycles. The summed E-state index contributed by atoms with van der Waals surface area (Å²) in [6.07, 6.45) is 1.51. The number of nitriles is 1. The van der Waals surface area contributed by atoms with E-state index in [1.54, 1.807) is 35.0 Å². The number of ketones is 1. The van der Waals surface area contributed by atoms with Crippen molar-refractivity contribution >= 4 is 46.5 Å². The van der Waals surface area contributed by atoms with Crippen molar-refractivity contribution in [1.29, 1.82) is 5.26 Å². The van der Waals surface area contributed by atoms with Gasteiger partial charge in [0, 0.05) is 24.5 Å². The molecule has 2 heterocycles. The van der Waals surface area contributed by atoms with E-state index in [0.29, 0.717) is 34.9 Å². The van der Waals surface area contributed by atoms with Crippen molar-refractivity contribution in [3.63, 3.8) is 0 Å². The number of nitrogens with zero attached hydrogens (tertiary/aromatic N) is 4. The fraction of sp³-hybridized carbons (Fsp3) is 0.219. The largest absolute Gasteiger partial charge is 0.457 e. The molecule has 214 valence electrons. The van der Waals surface area contributed by atoms with E-state index in [4.69, 9.17) is 20.5 Å². The zero-order valence-corrected chi connectivity index (χ0v) is 26.6. The lowest BCUT2D eigenvalue weighted by molar-refractivity contribution is 0.0842. The SMILES string of the molecule is Cc1cc(Oc2cccc(C#N)c2)ccc1-n1ncc(C(=O)c2cc3cc(Br)ccc3n2COCC[Si](C)(C)C)c1N. The van der Waals surface area contributed by atoms with Gasteiger partial charge in [0.2, 0.25) is 5.78 Å². The minimum Gasteiger partial charge on any atom is -0.457 e. The van der Waals surface area contributed by atoms with E-state index in [0.717, 1.165) is 32.7 Å². The zero-order chi connectivity index (χ0) is 30.0. The van der Waals surface area contributed by atoms with Crippen molar-refractivity contribution in [2.75, 3.05) is 12.3 Å². The Hall–Kier alpha value is -4.17. The molecule has 10 heteroatoms. The number of hydrogen-bond donors (Lipinski definition) is 1. The lowest BCUT2D eigenvalue weighted by Gasteiger charge is -2.16. The van der Waals surface area contributed by atoms with Crippen molar-refractivity contribution < 1.29 is 14.3 Å². The minimum absolute atomic E-state index is 0.227. The Morgan fingerprint density at radius 1 is 1.07 bits per heavy atom. The van der Waals surface area contributed by atoms with Gasteiger partial charge in [-0.15, -0.1) is 0 Å². The first-order valence-corrected chi connectivity index (χ1v) is 18.1. The Kier molecular flexibility index (Phi) is 8.36. The van der Waals surface area contributed by atoms with Gasteiger partial charge in [0.25, 0.3) is 0 Å². The highest BCUT2D eigenvalue weighted by atomic mass is 79.9. The maximum absolute atomic E-state index is 13.9. The standard InChI is InChI=1S/C32H32BrN5O3Si/c1-21-14-26(41-25-7-5-6-22(15-25)18-34)9-11-28(21)38-32(35)27(19-36-38)31(39)30-17-23-16-24(33)8-10-29(23)37(30)20-40-12-13-42(2,3)4/h5-11,14-17,19H,12-13,20,35H2,1-4H3. The summed E-state index contributed by atoms with van der Waals surface area (Å²) in [4.78, 5) is 13.9. The average molecular weight is 643 g/mol. The summed E-state index contributed by atoms with van der Waals surface area (Å²) in [6, 6.07) is 23.4. The van der Waals surface area contributed by atoms with E-state index in [2.05, 4.69) is 46.7 Å². The van der Waals surface area contributed by atoms with Crippen molar-refractivity contribution in [1.82, 2.24) is 14.3 Å². The summed E-state index contributed by atoms with van der Waals surface area (Å²) in [5, 5.41) is 14.6. The second kappa shape index (κ2) is 12.0. The highest BCUT2D eigenvalue weighted by molar-refractivity contribution is 9.10. The molecule has 0 saturated carbocycles. The van der Waals surface area contributed by atoms with Gasteiger partial charge in [-0.3, -0.25) is 4.79 Å². The van der Waals surface area contributed by atoms with Crippen LogP contribution < -0.4 is 10.5 Å². The Bertz CT molecular complexity index is 1830. The number of anilines is 1. The third kappa shape index (κ3) is 6.33. The second-order valence-electron chi connectivity index (χ2n) is 11.4. The van der Waals surface area contributed by atoms with Crippen molar-refractivity contribution in [3.05, 3.63) is 99.8 Å². The second-order valence-corrected chi connectivity index (χ2v) is 17.9. The van der Waals surface area contributed by atoms with E-state index in [1.807, 2.05) is 47.9 Å². The Morgan fingerprint density at radius 2 is 1.86 bits per heavy atom. The quantitative estimate of drug-likeness (QED) is 0.0951. The zero-order valence-electron chi connectivity index (χ0n) is 24.0. The molecule has 5 aromatic rings. The summed E-state index contributed by atoms with van der Waals surface area (Å²) in [7, 11) is -1.25. The monoisotopic (exact) mass is 641 g/mol. The topological polar surface area (TPSA) is 108 Å². The predicted molar refractivity (Wildman–Crippen MR) is 171 cm³/mol. The van der Waals surface area contributed by atoms with Crippen LogP contribution in [-0.2, 0) is 11.5 Å². The van der Waals surface area contributed by atoms with Gasteiger partial charge in [-0.25, -0.2) is 4.68 Å². The number of nitrogens with two attached hydrogens (primary N) is 1. The molecule has 0 saturated heterocycles. The molecule has 0 atom stereocenters. The number of rotatable bonds is 10. The number of ether oxygens (including phenoxy) is 2. The van der Waals surface area contributed by atoms with E-state index in [1.165, 1.54) is 6.20 Å². The Morgan fingerprint density at radius 3 is 2.60 bits per heavy atom. The average Bonchev–Trinajstić information content (AvgIpc) is 3.50. The number of benzene rings is 3. The van der Waals surface area contributed by atoms with E-state index in [-0.39, 0.29) is 18.3 Å². The summed E-state index contributed by atoms with van der Waals surface area (Å²) in [6.45, 7) is 9.76. The number of aryl methyl sites for hydroxylation is 1. The summed E-state index contributed by atoms with van der Waals surface area (Å²) < 4.78 is 16.4. The van der Waals surface area contributed by atoms with Crippen LogP contribution in [0.1, 0.15) is 27.2 Å². The number of hydrogen-bond acceptors (Lipinski definition) is 6. The van der Waals surface area contributed by atoms with E-state index < -0.39 is 8.07 Å². The van der Waals surface area contributed by atoms with E-state index in [9.17, 15) is 4.79 Å². The van der Waals surface area contributed by atoms with Gasteiger partial charge in [-0.1, -0.05) is 41.6 Å². The maximum Gasteiger partial charge on any atom is 0.214 e. The number of carbonyl (C=O) groups excluding carboxylic acids is 1. The third-order valence-corrected chi connectivity index (χ3v) is 9.16. The summed E-state index contributed by atoms with van der Waals surface area (Å²) in [5.74, 6) is 1.20. The van der Waals surface area contributed by atoms with Crippen LogP contribution in [0.5, 0.6) is 11.5 Å². The van der Waals surface area contributed by atoms with Gasteiger partial charge >= 0.3 is 0 Å². The van der Waals surface area contributed by atoms with Crippen LogP contribution in [0.25, 0.3) is 16.6 Å². The van der Waals surface area contributed by atoms with E-state index >= 15 is 0 Å². The normalized spacial score (nSPS) is 11.5. The van der Waals surface area contributed by atoms with Crippen LogP contribution in [0, 0.1) is 18.3 Å². The molecule has 0 amide bonds. The first-order valence-electron chi connectivity index (χ1n) is 13.6. The smallest absolute Gasteiger partial charge is 0.214 e. The molecule has 0 radical (unpaired) electrons. The molecule has 0 bridgehead atoms. The van der Waals surface area contributed by atoms with Crippen LogP contribution in [0.3, 0.4) is 0 Å². The van der Waals surface area contributed by atoms with Gasteiger partial charge in [-0.05, 0) is 79.2 Å². The number of nitrogen functional groups attached to an aromatic ring is 1. The predicted octanol–water partition coefficient (Wildman–Crippen LogP) is 7.69. The van der Waals surface area contributed by atoms with Crippen LogP contribution >= 0.6 is 15.9 Å². The minimum atomic E-state index is -1.25. The van der Waals surface area contributed by atoms with Gasteiger partial charge < -0.3 is 19.8 Å². The molecule has 0 aliphatic carbocycles. The first kappa shape index (κ1) is 29.3. The van der Waals surface area contributed by atoms with Crippen molar-refractivity contribution in [3.8, 4) is 23.3 Å². The molecule has 8 nitrogen and oxygen atoms in total. The molecule has 0 unspecified atom stereocenters. The number of aromatic nitrogens is 3. The fourth-order valence-electron chi connectivity index (χ4n) is 4.66. The molecule has 0 fully saturated rings. The lowest BCUT2D eigenvalue weighted by atomic mass is 10.1. The number of fused-ring (bicyclic) bond motifs is 1. The first-order chi connectivity index (χ1) is 20.0. The van der Waals surface area contributed by atoms with Crippen LogP contribution in [0.15, 0.2) is 77.4 Å². The molecule has 2 N–H and O–H groups in total. The highest BCUT2D eigenvalue weighted by Crippen LogP contribution is 2.30. The van der Waals surface area contributed by atoms with Gasteiger partial charge in [-0.2, -0.15) is 10.4 Å². The van der Waals surface area contributed by atoms with Gasteiger partial charge in [0.05, 0.1) is 40.3 Å². The molecule has 42 heavy (non-hydrogen) atoms. The Balaban J connectivity index is 1.42. The maximum atomic E-state index is 13.9. The Labute approximate surface area is 254 Å². The molecule has 2 aromatic heterocycles. The molecule has 0 aliphatic heterocycles. The van der Waals surface area contributed by atoms with Gasteiger partial charge in [0.1, 0.15) is 24.0 Å². The van der Waals surface area contributed by atoms with Crippen molar-refractivity contribution in [2.24, 2.45) is 0 Å². The van der Waals surface area contributed by atoms with Crippen LogP contribution in [-0.4, -0.2) is 34.8 Å². The molecular weight excluding hydrogens is 610 g/mol. The lowest BCUT2D eigenvalue weighted by Crippen LogP contribution is -2.22. The fourth-order valence-corrected chi connectivity index (χ4v) is 5.80. The van der Waals surface area contributed by atoms with Gasteiger partial charge in [0.15, 0.2) is 0 Å². The number of halogens is 1. The highest BCUT2D eigenvalue weighted by Gasteiger charge is 2.23. The summed E-state index contributed by atoms with van der Waals surface area (Å²) in [5.41, 5.74) is 10.4. The molecular formula is C32H32BrN5O3Si. The third-order valence-electron chi connectivity index (χ3n) is 6.96. The molecule has 0 aliphatic rings. The molecule has 0 spiro atoms.